The Kier molecular flexibility index (Phi) is 2.95. The third-order valence-corrected chi connectivity index (χ3v) is 3.25. The lowest BCUT2D eigenvalue weighted by atomic mass is 10.0. The Bertz CT molecular complexity index is 888. The lowest BCUT2D eigenvalue weighted by Gasteiger charge is -2.02. The van der Waals surface area contributed by atoms with Gasteiger partial charge in [0, 0.05) is 23.3 Å². The van der Waals surface area contributed by atoms with Crippen LogP contribution in [0.1, 0.15) is 15.9 Å². The predicted octanol–water partition coefficient (Wildman–Crippen LogP) is 0.496. The second-order valence-corrected chi connectivity index (χ2v) is 4.54. The van der Waals surface area contributed by atoms with Crippen molar-refractivity contribution in [3.05, 3.63) is 86.4 Å². The summed E-state index contributed by atoms with van der Waals surface area (Å²) in [6.07, 6.45) is 2.93. The molecule has 0 bridgehead atoms. The summed E-state index contributed by atoms with van der Waals surface area (Å²) in [7, 11) is 0. The maximum absolute atomic E-state index is 12.2. The smallest absolute Gasteiger partial charge is 0.309 e. The van der Waals surface area contributed by atoms with Gasteiger partial charge in [-0.15, -0.1) is 0 Å². The zero-order chi connectivity index (χ0) is 15.0. The monoisotopic (exact) mass is 280 g/mol. The van der Waals surface area contributed by atoms with Crippen molar-refractivity contribution >= 4 is 5.78 Å². The van der Waals surface area contributed by atoms with Gasteiger partial charge in [-0.2, -0.15) is 4.57 Å². The van der Waals surface area contributed by atoms with Crippen molar-refractivity contribution in [2.24, 2.45) is 0 Å². The number of hydrogen-bond donors (Lipinski definition) is 1. The summed E-state index contributed by atoms with van der Waals surface area (Å²) < 4.78 is 1.32. The zero-order valence-corrected chi connectivity index (χ0v) is 10.8. The first kappa shape index (κ1) is 12.9. The molecule has 2 aromatic carbocycles. The Morgan fingerprint density at radius 1 is 0.857 bits per heavy atom. The molecule has 0 amide bonds. The van der Waals surface area contributed by atoms with Gasteiger partial charge in [0.2, 0.25) is 5.75 Å². The molecule has 0 unspecified atom stereocenters. The van der Waals surface area contributed by atoms with E-state index in [0.717, 1.165) is 0 Å². The van der Waals surface area contributed by atoms with Crippen LogP contribution < -0.4 is 15.4 Å². The molecular formula is C16H10NO4+. The fourth-order valence-corrected chi connectivity index (χ4v) is 2.09. The van der Waals surface area contributed by atoms with E-state index in [-0.39, 0.29) is 11.5 Å². The Morgan fingerprint density at radius 3 is 2.00 bits per heavy atom. The van der Waals surface area contributed by atoms with Crippen molar-refractivity contribution in [3.8, 4) is 11.4 Å². The Morgan fingerprint density at radius 2 is 1.43 bits per heavy atom. The first-order valence-electron chi connectivity index (χ1n) is 6.23. The van der Waals surface area contributed by atoms with Gasteiger partial charge in [0.1, 0.15) is 0 Å². The van der Waals surface area contributed by atoms with Crippen molar-refractivity contribution in [2.45, 2.75) is 0 Å². The van der Waals surface area contributed by atoms with Gasteiger partial charge in [-0.25, -0.2) is 0 Å². The predicted molar refractivity (Wildman–Crippen MR) is 74.4 cm³/mol. The van der Waals surface area contributed by atoms with Crippen molar-refractivity contribution in [1.82, 2.24) is 0 Å². The van der Waals surface area contributed by atoms with Gasteiger partial charge in [0.05, 0.1) is 0 Å². The average Bonchev–Trinajstić information content (AvgIpc) is 2.55. The lowest BCUT2D eigenvalue weighted by molar-refractivity contribution is -0.598. The van der Waals surface area contributed by atoms with Gasteiger partial charge >= 0.3 is 11.1 Å². The van der Waals surface area contributed by atoms with Crippen LogP contribution in [0.2, 0.25) is 0 Å². The summed E-state index contributed by atoms with van der Waals surface area (Å²) >= 11 is 0. The highest BCUT2D eigenvalue weighted by Gasteiger charge is 2.29. The third kappa shape index (κ3) is 2.04. The topological polar surface area (TPSA) is 75.3 Å². The Hall–Kier alpha value is -3.08. The van der Waals surface area contributed by atoms with Gasteiger partial charge in [0.15, 0.2) is 18.2 Å². The molecule has 0 aliphatic rings. The molecule has 1 heterocycles. The van der Waals surface area contributed by atoms with Gasteiger partial charge < -0.3 is 5.11 Å². The molecule has 5 nitrogen and oxygen atoms in total. The van der Waals surface area contributed by atoms with Crippen LogP contribution in [0.4, 0.5) is 0 Å². The summed E-state index contributed by atoms with van der Waals surface area (Å²) in [6.45, 7) is 0. The number of aromatic hydroxyl groups is 1. The Balaban J connectivity index is 1.94. The average molecular weight is 280 g/mol. The quantitative estimate of drug-likeness (QED) is 0.430. The van der Waals surface area contributed by atoms with E-state index in [0.29, 0.717) is 11.1 Å². The van der Waals surface area contributed by atoms with Gasteiger partial charge in [-0.05, 0) is 0 Å². The normalized spacial score (nSPS) is 10.7. The zero-order valence-electron chi connectivity index (χ0n) is 10.8. The number of aromatic nitrogens is 1. The molecule has 0 radical (unpaired) electrons. The molecule has 102 valence electrons. The molecule has 5 heteroatoms. The first-order chi connectivity index (χ1) is 10.1. The van der Waals surface area contributed by atoms with Crippen LogP contribution in [0.15, 0.2) is 64.4 Å². The van der Waals surface area contributed by atoms with Crippen LogP contribution >= 0.6 is 0 Å². The van der Waals surface area contributed by atoms with E-state index in [1.54, 1.807) is 24.3 Å². The highest BCUT2D eigenvalue weighted by Crippen LogP contribution is 2.10. The van der Waals surface area contributed by atoms with E-state index in [4.69, 9.17) is 0 Å². The summed E-state index contributed by atoms with van der Waals surface area (Å²) in [5.74, 6) is -0.691. The number of pyridine rings is 1. The van der Waals surface area contributed by atoms with E-state index in [1.165, 1.54) is 29.1 Å². The first-order valence-corrected chi connectivity index (χ1v) is 6.23. The number of rotatable bonds is 3. The third-order valence-electron chi connectivity index (χ3n) is 3.25. The summed E-state index contributed by atoms with van der Waals surface area (Å²) in [5, 5.41) is 9.38. The molecule has 21 heavy (non-hydrogen) atoms. The fourth-order valence-electron chi connectivity index (χ4n) is 2.09. The number of carbonyl (C=O) groups excluding carboxylic acids is 1. The van der Waals surface area contributed by atoms with E-state index < -0.39 is 16.6 Å². The van der Waals surface area contributed by atoms with Crippen LogP contribution in [0, 0.1) is 0 Å². The number of carbonyl (C=O) groups is 1. The van der Waals surface area contributed by atoms with Crippen LogP contribution in [0.3, 0.4) is 0 Å². The van der Waals surface area contributed by atoms with Crippen molar-refractivity contribution < 1.29 is 14.5 Å². The van der Waals surface area contributed by atoms with Gasteiger partial charge in [0.25, 0.3) is 5.43 Å². The molecule has 0 saturated carbocycles. The Labute approximate surface area is 119 Å². The second-order valence-electron chi connectivity index (χ2n) is 4.54. The number of benzene rings is 1. The van der Waals surface area contributed by atoms with Crippen LogP contribution in [-0.2, 0) is 0 Å². The van der Waals surface area contributed by atoms with E-state index in [9.17, 15) is 19.5 Å². The number of nitrogens with zero attached hydrogens (tertiary/aromatic N) is 1. The fraction of sp³-hybridized carbons (Fsp3) is 0. The second kappa shape index (κ2) is 4.79. The van der Waals surface area contributed by atoms with E-state index in [1.807, 2.05) is 6.07 Å². The molecule has 0 aliphatic carbocycles. The maximum atomic E-state index is 12.2. The summed E-state index contributed by atoms with van der Waals surface area (Å²) in [4.78, 5) is 34.5. The van der Waals surface area contributed by atoms with Crippen molar-refractivity contribution in [3.63, 3.8) is 0 Å². The van der Waals surface area contributed by atoms with Gasteiger partial charge in [-0.3, -0.25) is 14.4 Å². The molecule has 0 aliphatic heterocycles. The molecule has 0 spiro atoms. The minimum Gasteiger partial charge on any atom is -0.499 e. The SMILES string of the molecule is O=C(c1ccccc1)c1cc[n+](-c2c(O)c(=O)c2=O)cc1. The number of hydrogen-bond acceptors (Lipinski definition) is 4. The van der Waals surface area contributed by atoms with E-state index in [2.05, 4.69) is 0 Å². The minimum absolute atomic E-state index is 0.0706. The molecule has 3 rings (SSSR count). The van der Waals surface area contributed by atoms with Crippen molar-refractivity contribution in [2.75, 3.05) is 0 Å². The highest BCUT2D eigenvalue weighted by atomic mass is 16.3. The van der Waals surface area contributed by atoms with Gasteiger partial charge in [-0.1, -0.05) is 30.3 Å². The van der Waals surface area contributed by atoms with Crippen molar-refractivity contribution in [1.29, 1.82) is 0 Å². The lowest BCUT2D eigenvalue weighted by Crippen LogP contribution is -2.46. The summed E-state index contributed by atoms with van der Waals surface area (Å²) in [5.41, 5.74) is -0.678. The van der Waals surface area contributed by atoms with E-state index >= 15 is 0 Å². The van der Waals surface area contributed by atoms with Crippen LogP contribution in [-0.4, -0.2) is 10.9 Å². The molecule has 1 N–H and O–H groups in total. The molecule has 0 fully saturated rings. The molecule has 3 aromatic rings. The van der Waals surface area contributed by atoms with Crippen LogP contribution in [0.5, 0.6) is 5.75 Å². The molecule has 0 saturated heterocycles. The molecule has 1 aromatic heterocycles. The molecular weight excluding hydrogens is 270 g/mol. The molecule has 0 atom stereocenters. The largest absolute Gasteiger partial charge is 0.499 e. The maximum Gasteiger partial charge on any atom is 0.309 e. The standard InChI is InChI=1S/C16H9NO4/c18-13(10-4-2-1-3-5-10)11-6-8-17(9-7-11)12-14(19)16(21)15(12)20/h1-9H/p+1. The minimum atomic E-state index is -0.887. The number of ketones is 1. The summed E-state index contributed by atoms with van der Waals surface area (Å²) in [6, 6.07) is 11.9. The van der Waals surface area contributed by atoms with Crippen LogP contribution in [0.25, 0.3) is 5.69 Å². The highest BCUT2D eigenvalue weighted by molar-refractivity contribution is 6.08.